The van der Waals surface area contributed by atoms with Crippen molar-refractivity contribution < 1.29 is 4.79 Å². The summed E-state index contributed by atoms with van der Waals surface area (Å²) in [5, 5.41) is 5.02. The predicted molar refractivity (Wildman–Crippen MR) is 106 cm³/mol. The minimum atomic E-state index is -0.325. The third-order valence-electron chi connectivity index (χ3n) is 4.74. The number of rotatable bonds is 6. The average molecular weight is 417 g/mol. The number of amides is 1. The summed E-state index contributed by atoms with van der Waals surface area (Å²) in [6.45, 7) is 2.57. The number of carbonyl (C=O) groups excluding carboxylic acids is 1. The van der Waals surface area contributed by atoms with Crippen LogP contribution in [0.4, 0.5) is 0 Å². The molecule has 2 aromatic heterocycles. The molecule has 1 aromatic carbocycles. The van der Waals surface area contributed by atoms with Crippen molar-refractivity contribution in [3.63, 3.8) is 0 Å². The van der Waals surface area contributed by atoms with Gasteiger partial charge in [-0.2, -0.15) is 9.78 Å². The zero-order valence-electron chi connectivity index (χ0n) is 15.2. The maximum absolute atomic E-state index is 13.3. The Morgan fingerprint density at radius 2 is 1.96 bits per heavy atom. The van der Waals surface area contributed by atoms with E-state index in [-0.39, 0.29) is 11.9 Å². The molecular weight excluding hydrogens is 399 g/mol. The first-order valence-electron chi connectivity index (χ1n) is 8.98. The van der Waals surface area contributed by atoms with Crippen LogP contribution in [0.3, 0.4) is 0 Å². The van der Waals surface area contributed by atoms with Crippen LogP contribution in [-0.4, -0.2) is 42.1 Å². The minimum absolute atomic E-state index is 0.124. The molecule has 7 nitrogen and oxygen atoms in total. The molecule has 28 heavy (non-hydrogen) atoms. The van der Waals surface area contributed by atoms with Gasteiger partial charge in [0.1, 0.15) is 6.33 Å². The van der Waals surface area contributed by atoms with Crippen LogP contribution < -0.4 is 0 Å². The Kier molecular flexibility index (Phi) is 5.28. The van der Waals surface area contributed by atoms with Crippen molar-refractivity contribution in [2.24, 2.45) is 5.92 Å². The average Bonchev–Trinajstić information content (AvgIpc) is 3.40. The molecule has 1 fully saturated rings. The fourth-order valence-electron chi connectivity index (χ4n) is 3.02. The maximum Gasteiger partial charge on any atom is 0.254 e. The Labute approximate surface area is 172 Å². The molecule has 0 saturated heterocycles. The van der Waals surface area contributed by atoms with E-state index < -0.39 is 0 Å². The molecule has 0 aliphatic heterocycles. The zero-order valence-corrected chi connectivity index (χ0v) is 16.7. The molecule has 1 amide bonds. The quantitative estimate of drug-likeness (QED) is 0.607. The summed E-state index contributed by atoms with van der Waals surface area (Å²) in [6, 6.07) is 6.33. The standard InChI is InChI=1S/C19H18Cl2N6O/c1-12(17-24-11-25-27(17)19-22-7-2-8-23-19)26(10-13-3-4-13)18(28)14-5-6-15(20)16(21)9-14/h2,5-9,11-13H,3-4,10H2,1H3. The Hall–Kier alpha value is -2.51. The van der Waals surface area contributed by atoms with E-state index >= 15 is 0 Å². The fourth-order valence-corrected chi connectivity index (χ4v) is 3.32. The van der Waals surface area contributed by atoms with Crippen LogP contribution in [0, 0.1) is 5.92 Å². The first kappa shape index (κ1) is 18.8. The lowest BCUT2D eigenvalue weighted by atomic mass is 10.1. The Morgan fingerprint density at radius 3 is 2.64 bits per heavy atom. The third-order valence-corrected chi connectivity index (χ3v) is 5.48. The van der Waals surface area contributed by atoms with Gasteiger partial charge in [0.15, 0.2) is 5.82 Å². The van der Waals surface area contributed by atoms with Gasteiger partial charge in [-0.05, 0) is 49.9 Å². The molecule has 1 aliphatic rings. The molecule has 2 heterocycles. The summed E-state index contributed by atoms with van der Waals surface area (Å²) >= 11 is 12.1. The van der Waals surface area contributed by atoms with Gasteiger partial charge < -0.3 is 4.90 Å². The molecule has 144 valence electrons. The summed E-state index contributed by atoms with van der Waals surface area (Å²) in [6.07, 6.45) is 6.96. The molecular formula is C19H18Cl2N6O. The summed E-state index contributed by atoms with van der Waals surface area (Å²) in [5.74, 6) is 1.38. The molecule has 9 heteroatoms. The number of benzene rings is 1. The highest BCUT2D eigenvalue weighted by atomic mass is 35.5. The molecule has 0 radical (unpaired) electrons. The van der Waals surface area contributed by atoms with Gasteiger partial charge in [-0.15, -0.1) is 0 Å². The van der Waals surface area contributed by atoms with Crippen LogP contribution in [0.1, 0.15) is 42.0 Å². The normalized spacial score (nSPS) is 14.7. The number of hydrogen-bond donors (Lipinski definition) is 0. The highest BCUT2D eigenvalue weighted by molar-refractivity contribution is 6.42. The number of nitrogens with zero attached hydrogens (tertiary/aromatic N) is 6. The van der Waals surface area contributed by atoms with E-state index in [0.29, 0.717) is 39.8 Å². The molecule has 1 atom stereocenters. The summed E-state index contributed by atoms with van der Waals surface area (Å²) in [4.78, 5) is 27.9. The molecule has 1 aliphatic carbocycles. The van der Waals surface area contributed by atoms with E-state index in [4.69, 9.17) is 23.2 Å². The molecule has 3 aromatic rings. The second-order valence-electron chi connectivity index (χ2n) is 6.78. The number of carbonyl (C=O) groups is 1. The first-order chi connectivity index (χ1) is 13.5. The van der Waals surface area contributed by atoms with Crippen molar-refractivity contribution in [1.82, 2.24) is 29.6 Å². The maximum atomic E-state index is 13.3. The lowest BCUT2D eigenvalue weighted by Crippen LogP contribution is -2.36. The minimum Gasteiger partial charge on any atom is -0.328 e. The molecule has 0 N–H and O–H groups in total. The molecule has 1 unspecified atom stereocenters. The number of hydrogen-bond acceptors (Lipinski definition) is 5. The second kappa shape index (κ2) is 7.85. The lowest BCUT2D eigenvalue weighted by Gasteiger charge is -2.29. The van der Waals surface area contributed by atoms with E-state index in [0.717, 1.165) is 12.8 Å². The van der Waals surface area contributed by atoms with Crippen molar-refractivity contribution in [3.05, 3.63) is 64.4 Å². The molecule has 1 saturated carbocycles. The SMILES string of the molecule is CC(c1ncnn1-c1ncccn1)N(CC1CC1)C(=O)c1ccc(Cl)c(Cl)c1. The van der Waals surface area contributed by atoms with Crippen molar-refractivity contribution in [3.8, 4) is 5.95 Å². The topological polar surface area (TPSA) is 76.8 Å². The van der Waals surface area contributed by atoms with Crippen molar-refractivity contribution in [2.75, 3.05) is 6.54 Å². The van der Waals surface area contributed by atoms with E-state index in [2.05, 4.69) is 20.1 Å². The Balaban J connectivity index is 1.67. The number of halogens is 2. The summed E-state index contributed by atoms with van der Waals surface area (Å²) in [7, 11) is 0. The van der Waals surface area contributed by atoms with Crippen molar-refractivity contribution >= 4 is 29.1 Å². The zero-order chi connectivity index (χ0) is 19.7. The van der Waals surface area contributed by atoms with Crippen LogP contribution in [0.25, 0.3) is 5.95 Å². The van der Waals surface area contributed by atoms with Crippen molar-refractivity contribution in [1.29, 1.82) is 0 Å². The van der Waals surface area contributed by atoms with Gasteiger partial charge in [0.2, 0.25) is 0 Å². The van der Waals surface area contributed by atoms with E-state index in [1.165, 1.54) is 6.33 Å². The van der Waals surface area contributed by atoms with E-state index in [1.54, 1.807) is 46.2 Å². The molecule has 0 spiro atoms. The van der Waals surface area contributed by atoms with Gasteiger partial charge in [-0.25, -0.2) is 15.0 Å². The Bertz CT molecular complexity index is 989. The smallest absolute Gasteiger partial charge is 0.254 e. The van der Waals surface area contributed by atoms with Gasteiger partial charge >= 0.3 is 0 Å². The van der Waals surface area contributed by atoms with Gasteiger partial charge in [0.05, 0.1) is 16.1 Å². The fraction of sp³-hybridized carbons (Fsp3) is 0.316. The van der Waals surface area contributed by atoms with Gasteiger partial charge in [0.25, 0.3) is 11.9 Å². The Morgan fingerprint density at radius 1 is 1.21 bits per heavy atom. The van der Waals surface area contributed by atoms with Gasteiger partial charge in [-0.3, -0.25) is 4.79 Å². The first-order valence-corrected chi connectivity index (χ1v) is 9.73. The van der Waals surface area contributed by atoms with E-state index in [1.807, 2.05) is 6.92 Å². The van der Waals surface area contributed by atoms with Crippen LogP contribution in [0.2, 0.25) is 10.0 Å². The third kappa shape index (κ3) is 3.86. The van der Waals surface area contributed by atoms with Crippen molar-refractivity contribution in [2.45, 2.75) is 25.8 Å². The monoisotopic (exact) mass is 416 g/mol. The number of aromatic nitrogens is 5. The molecule has 0 bridgehead atoms. The highest BCUT2D eigenvalue weighted by Gasteiger charge is 2.33. The van der Waals surface area contributed by atoms with Crippen LogP contribution in [0.15, 0.2) is 43.0 Å². The van der Waals surface area contributed by atoms with Crippen LogP contribution in [-0.2, 0) is 0 Å². The van der Waals surface area contributed by atoms with Crippen LogP contribution >= 0.6 is 23.2 Å². The predicted octanol–water partition coefficient (Wildman–Crippen LogP) is 3.98. The van der Waals surface area contributed by atoms with Gasteiger partial charge in [0, 0.05) is 24.5 Å². The van der Waals surface area contributed by atoms with E-state index in [9.17, 15) is 4.79 Å². The van der Waals surface area contributed by atoms with Crippen LogP contribution in [0.5, 0.6) is 0 Å². The lowest BCUT2D eigenvalue weighted by molar-refractivity contribution is 0.0670. The van der Waals surface area contributed by atoms with Gasteiger partial charge in [-0.1, -0.05) is 23.2 Å². The highest BCUT2D eigenvalue weighted by Crippen LogP contribution is 2.34. The second-order valence-corrected chi connectivity index (χ2v) is 7.60. The summed E-state index contributed by atoms with van der Waals surface area (Å²) in [5.41, 5.74) is 0.490. The largest absolute Gasteiger partial charge is 0.328 e. The molecule has 4 rings (SSSR count). The summed E-state index contributed by atoms with van der Waals surface area (Å²) < 4.78 is 1.56.